The lowest BCUT2D eigenvalue weighted by atomic mass is 9.90. The molecule has 11 aromatic rings. The zero-order valence-electron chi connectivity index (χ0n) is 44.5. The Balaban J connectivity index is 0.980. The van der Waals surface area contributed by atoms with E-state index in [2.05, 4.69) is 4.99 Å². The molecule has 6 heterocycles. The van der Waals surface area contributed by atoms with E-state index in [1.165, 1.54) is 24.3 Å². The van der Waals surface area contributed by atoms with Crippen molar-refractivity contribution in [1.82, 2.24) is 0 Å². The molecule has 2 aliphatic heterocycles. The summed E-state index contributed by atoms with van der Waals surface area (Å²) in [7, 11) is 0. The van der Waals surface area contributed by atoms with Gasteiger partial charge in [0.05, 0.1) is 28.9 Å². The van der Waals surface area contributed by atoms with Gasteiger partial charge in [-0.15, -0.1) is 45.3 Å². The Morgan fingerprint density at radius 2 is 0.814 bits per heavy atom. The van der Waals surface area contributed by atoms with E-state index < -0.39 is 57.8 Å². The molecule has 0 spiro atoms. The van der Waals surface area contributed by atoms with Crippen molar-refractivity contribution in [2.45, 2.75) is 43.7 Å². The summed E-state index contributed by atoms with van der Waals surface area (Å²) in [5.74, 6) is -5.21. The van der Waals surface area contributed by atoms with Gasteiger partial charge in [0.25, 0.3) is 0 Å². The number of fused-ring (bicyclic) bond motifs is 11. The fourth-order valence-electron chi connectivity index (χ4n) is 10.6. The molecule has 14 rings (SSSR count). The summed E-state index contributed by atoms with van der Waals surface area (Å²) in [6.07, 6.45) is -1.40. The normalized spacial score (nSPS) is 15.3. The molecule has 0 fully saturated rings. The number of thiophene rings is 4. The Hall–Kier alpha value is -9.83. The minimum absolute atomic E-state index is 0.0124. The summed E-state index contributed by atoms with van der Waals surface area (Å²) in [6, 6.07) is 51.0. The number of Topliss-reactive ketones (excluding diaryl/α,β-unsaturated/α-hetero) is 1. The Morgan fingerprint density at radius 3 is 1.21 bits per heavy atom. The van der Waals surface area contributed by atoms with Gasteiger partial charge in [-0.3, -0.25) is 14.4 Å². The van der Waals surface area contributed by atoms with Crippen LogP contribution >= 0.6 is 45.3 Å². The molecule has 1 atom stereocenters. The van der Waals surface area contributed by atoms with E-state index in [1.54, 1.807) is 158 Å². The summed E-state index contributed by atoms with van der Waals surface area (Å²) in [6.45, 7) is -1.19. The zero-order chi connectivity index (χ0) is 58.8. The van der Waals surface area contributed by atoms with Gasteiger partial charge in [0, 0.05) is 27.5 Å². The van der Waals surface area contributed by atoms with Gasteiger partial charge in [-0.25, -0.2) is 29.2 Å². The van der Waals surface area contributed by atoms with Gasteiger partial charge in [0.2, 0.25) is 16.6 Å². The maximum atomic E-state index is 15.4. The highest BCUT2D eigenvalue weighted by atomic mass is 32.1. The molecule has 0 amide bonds. The fraction of sp³-hybridized carbons (Fsp3) is 0.106. The second-order valence-electron chi connectivity index (χ2n) is 20.1. The van der Waals surface area contributed by atoms with Gasteiger partial charge in [-0.05, 0) is 39.9 Å². The van der Waals surface area contributed by atoms with Crippen molar-refractivity contribution in [3.05, 3.63) is 252 Å². The molecule has 0 saturated carbocycles. The predicted octanol–water partition coefficient (Wildman–Crippen LogP) is 11.6. The summed E-state index contributed by atoms with van der Waals surface area (Å²) < 4.78 is 38.8. The van der Waals surface area contributed by atoms with Crippen LogP contribution in [0, 0.1) is 0 Å². The van der Waals surface area contributed by atoms with E-state index in [0.717, 1.165) is 45.3 Å². The van der Waals surface area contributed by atoms with Crippen LogP contribution in [-0.4, -0.2) is 40.5 Å². The van der Waals surface area contributed by atoms with E-state index in [-0.39, 0.29) is 106 Å². The number of esters is 4. The number of carbonyl (C=O) groups is 5. The number of hydrogen-bond acceptors (Lipinski definition) is 20. The first-order valence-electron chi connectivity index (χ1n) is 26.7. The number of ether oxygens (including phenoxy) is 6. The van der Waals surface area contributed by atoms with E-state index in [1.807, 2.05) is 0 Å². The fourth-order valence-corrected chi connectivity index (χ4v) is 15.7. The number of aliphatic imine (C=N–C) groups is 1. The number of benzene rings is 6. The van der Waals surface area contributed by atoms with Crippen molar-refractivity contribution >= 4 is 111 Å². The second kappa shape index (κ2) is 21.7. The molecule has 7 aromatic carbocycles. The Labute approximate surface area is 502 Å². The molecule has 1 N–H and O–H groups in total. The Kier molecular flexibility index (Phi) is 13.6. The lowest BCUT2D eigenvalue weighted by Crippen LogP contribution is -2.52. The molecule has 4 aromatic heterocycles. The van der Waals surface area contributed by atoms with Crippen LogP contribution in [0.5, 0.6) is 11.5 Å². The lowest BCUT2D eigenvalue weighted by Gasteiger charge is -2.33. The summed E-state index contributed by atoms with van der Waals surface area (Å²) in [5.41, 5.74) is -4.04. The highest BCUT2D eigenvalue weighted by Gasteiger charge is 2.62. The first-order valence-corrected chi connectivity index (χ1v) is 30.0. The minimum atomic E-state index is -2.75. The highest BCUT2D eigenvalue weighted by molar-refractivity contribution is 7.35. The van der Waals surface area contributed by atoms with Gasteiger partial charge >= 0.3 is 35.1 Å². The number of ketones is 1. The van der Waals surface area contributed by atoms with Crippen molar-refractivity contribution in [2.75, 3.05) is 0 Å². The quantitative estimate of drug-likeness (QED) is 0.0608. The standard InChI is InChI=1S/C66H40N2O14S4/c69-49-39-25-13-14-26-40(39)50(70)47(49)67-45-29-43-55(83-45)57-53(81-65(43,61(73)77-31-35-17-5-1-6-18-35)62(74)78-32-36-19-7-2-8-20-36)59-60(85-57)54-58(86-59)56-44(30-46(84-56)68-48-51(71)41-27-15-16-28-42(41)52(48)72)66(82-54,63(75)79-33-37-21-9-3-10-22-37)64(76)80-34-38-23-11-4-12-24-38/h1-30,49,69H,31-34H2/b67-47-. The smallest absolute Gasteiger partial charge is 0.367 e. The monoisotopic (exact) mass is 1210 g/mol. The lowest BCUT2D eigenvalue weighted by molar-refractivity contribution is -0.185. The van der Waals surface area contributed by atoms with Gasteiger partial charge in [0.15, 0.2) is 16.9 Å². The second-order valence-corrected chi connectivity index (χ2v) is 24.2. The molecule has 3 aliphatic rings. The van der Waals surface area contributed by atoms with Crippen LogP contribution in [-0.2, 0) is 75.8 Å². The molecule has 0 radical (unpaired) electrons. The topological polar surface area (TPSA) is 220 Å². The Morgan fingerprint density at radius 1 is 0.453 bits per heavy atom. The van der Waals surface area contributed by atoms with E-state index in [4.69, 9.17) is 33.4 Å². The maximum Gasteiger partial charge on any atom is 0.367 e. The summed E-state index contributed by atoms with van der Waals surface area (Å²) >= 11 is 4.14. The molecule has 16 nitrogen and oxygen atoms in total. The van der Waals surface area contributed by atoms with Crippen molar-refractivity contribution in [2.24, 2.45) is 9.98 Å². The van der Waals surface area contributed by atoms with Gasteiger partial charge in [-0.1, -0.05) is 170 Å². The van der Waals surface area contributed by atoms with E-state index in [0.29, 0.717) is 37.6 Å². The number of hydrogen-bond donors (Lipinski definition) is 1. The number of aliphatic hydroxyl groups is 1. The van der Waals surface area contributed by atoms with E-state index >= 15 is 19.2 Å². The van der Waals surface area contributed by atoms with Gasteiger partial charge < -0.3 is 33.5 Å². The van der Waals surface area contributed by atoms with Crippen molar-refractivity contribution < 1.29 is 57.5 Å². The largest absolute Gasteiger partial charge is 0.457 e. The first-order chi connectivity index (χ1) is 41.9. The average molecular weight is 1210 g/mol. The summed E-state index contributed by atoms with van der Waals surface area (Å²) in [4.78, 5) is 114. The van der Waals surface area contributed by atoms with E-state index in [9.17, 15) is 19.5 Å². The molecule has 20 heteroatoms. The van der Waals surface area contributed by atoms with Crippen LogP contribution in [0.2, 0.25) is 0 Å². The first kappa shape index (κ1) is 54.1. The van der Waals surface area contributed by atoms with Crippen molar-refractivity contribution in [1.29, 1.82) is 0 Å². The van der Waals surface area contributed by atoms with Gasteiger partial charge in [0.1, 0.15) is 48.2 Å². The number of aliphatic hydroxyl groups excluding tert-OH is 1. The van der Waals surface area contributed by atoms with Crippen LogP contribution < -0.4 is 25.7 Å². The molecular formula is C66H40N2O14S4. The number of carbonyl (C=O) groups excluding carboxylic acids is 5. The molecule has 0 saturated heterocycles. The summed E-state index contributed by atoms with van der Waals surface area (Å²) in [5, 5.41) is 11.6. The third-order valence-electron chi connectivity index (χ3n) is 14.9. The third-order valence-corrected chi connectivity index (χ3v) is 19.7. The molecule has 1 unspecified atom stereocenters. The molecule has 86 heavy (non-hydrogen) atoms. The predicted molar refractivity (Wildman–Crippen MR) is 323 cm³/mol. The molecule has 0 bridgehead atoms. The van der Waals surface area contributed by atoms with Gasteiger partial charge in [-0.2, -0.15) is 0 Å². The number of nitrogens with zero attached hydrogens (tertiary/aromatic N) is 2. The average Bonchev–Trinajstić information content (AvgIpc) is 1.54. The third kappa shape index (κ3) is 8.99. The minimum Gasteiger partial charge on any atom is -0.457 e. The van der Waals surface area contributed by atoms with Crippen LogP contribution in [0.15, 0.2) is 202 Å². The SMILES string of the molecule is O=C1/C(=N\c2cc3c(s2)-c2sc4c5c(sc4c2OC3(C(=O)OCc2ccccc2)C(=O)OCc2ccccc2)-c2sc(N=c3c(=O)c4ccccc4c3=O)cc2C(C(=O)OCc2ccccc2)(C(=O)OCc2ccccc2)O5)C(O)c2ccccc21. The molecule has 1 aliphatic carbocycles. The highest BCUT2D eigenvalue weighted by Crippen LogP contribution is 2.65. The van der Waals surface area contributed by atoms with Crippen LogP contribution in [0.4, 0.5) is 10.0 Å². The molecule has 422 valence electrons. The Bertz CT molecular complexity index is 4630. The zero-order valence-corrected chi connectivity index (χ0v) is 47.8. The van der Waals surface area contributed by atoms with Crippen molar-refractivity contribution in [3.63, 3.8) is 0 Å². The molecular weight excluding hydrogens is 1170 g/mol. The van der Waals surface area contributed by atoms with Crippen LogP contribution in [0.1, 0.15) is 55.4 Å². The maximum absolute atomic E-state index is 15.4. The van der Waals surface area contributed by atoms with Crippen molar-refractivity contribution in [3.8, 4) is 31.0 Å². The number of rotatable bonds is 14. The van der Waals surface area contributed by atoms with Crippen LogP contribution in [0.25, 0.3) is 39.7 Å². The van der Waals surface area contributed by atoms with Crippen LogP contribution in [0.3, 0.4) is 0 Å².